The highest BCUT2D eigenvalue weighted by Gasteiger charge is 2.05. The van der Waals surface area contributed by atoms with Crippen molar-refractivity contribution in [2.75, 3.05) is 19.0 Å². The van der Waals surface area contributed by atoms with Crippen molar-refractivity contribution in [1.29, 1.82) is 5.26 Å². The summed E-state index contributed by atoms with van der Waals surface area (Å²) in [5.74, 6) is -0.264. The zero-order valence-electron chi connectivity index (χ0n) is 9.41. The molecule has 1 N–H and O–H groups in total. The molecule has 0 bridgehead atoms. The highest BCUT2D eigenvalue weighted by molar-refractivity contribution is 5.70. The second-order valence-corrected chi connectivity index (χ2v) is 3.36. The summed E-state index contributed by atoms with van der Waals surface area (Å²) in [6.07, 6.45) is 0.287. The zero-order chi connectivity index (χ0) is 12.0. The van der Waals surface area contributed by atoms with Gasteiger partial charge in [-0.05, 0) is 18.6 Å². The van der Waals surface area contributed by atoms with Gasteiger partial charge in [-0.25, -0.2) is 0 Å². The van der Waals surface area contributed by atoms with Crippen LogP contribution in [0.25, 0.3) is 0 Å². The number of nitrogens with one attached hydrogen (secondary N) is 1. The van der Waals surface area contributed by atoms with Crippen LogP contribution in [0.2, 0.25) is 0 Å². The SMILES string of the molecule is COC(=O)CCNc1c(C)cccc1C#N. The van der Waals surface area contributed by atoms with E-state index in [0.29, 0.717) is 12.1 Å². The van der Waals surface area contributed by atoms with Crippen molar-refractivity contribution >= 4 is 11.7 Å². The molecular formula is C12H14N2O2. The number of anilines is 1. The van der Waals surface area contributed by atoms with Crippen LogP contribution in [0.4, 0.5) is 5.69 Å². The van der Waals surface area contributed by atoms with Crippen molar-refractivity contribution in [3.05, 3.63) is 29.3 Å². The van der Waals surface area contributed by atoms with Gasteiger partial charge in [0, 0.05) is 6.54 Å². The molecule has 1 rings (SSSR count). The van der Waals surface area contributed by atoms with E-state index in [1.165, 1.54) is 7.11 Å². The lowest BCUT2D eigenvalue weighted by atomic mass is 10.1. The normalized spacial score (nSPS) is 9.31. The van der Waals surface area contributed by atoms with Crippen LogP contribution in [0.1, 0.15) is 17.5 Å². The van der Waals surface area contributed by atoms with Gasteiger partial charge in [-0.2, -0.15) is 5.26 Å². The fourth-order valence-corrected chi connectivity index (χ4v) is 1.39. The first-order valence-electron chi connectivity index (χ1n) is 4.99. The molecule has 1 aromatic carbocycles. The number of aryl methyl sites for hydroxylation is 1. The molecule has 0 atom stereocenters. The van der Waals surface area contributed by atoms with Gasteiger partial charge >= 0.3 is 5.97 Å². The van der Waals surface area contributed by atoms with Crippen molar-refractivity contribution in [1.82, 2.24) is 0 Å². The van der Waals surface area contributed by atoms with Crippen LogP contribution in [-0.4, -0.2) is 19.6 Å². The maximum Gasteiger partial charge on any atom is 0.307 e. The van der Waals surface area contributed by atoms with Crippen LogP contribution < -0.4 is 5.32 Å². The second kappa shape index (κ2) is 5.76. The number of carbonyl (C=O) groups is 1. The molecule has 0 saturated heterocycles. The first kappa shape index (κ1) is 12.1. The van der Waals surface area contributed by atoms with Crippen LogP contribution in [-0.2, 0) is 9.53 Å². The van der Waals surface area contributed by atoms with Crippen LogP contribution in [0.3, 0.4) is 0 Å². The van der Waals surface area contributed by atoms with Gasteiger partial charge in [-0.3, -0.25) is 4.79 Å². The highest BCUT2D eigenvalue weighted by atomic mass is 16.5. The number of nitriles is 1. The van der Waals surface area contributed by atoms with Gasteiger partial charge < -0.3 is 10.1 Å². The summed E-state index contributed by atoms with van der Waals surface area (Å²) < 4.78 is 4.53. The molecule has 1 aromatic rings. The van der Waals surface area contributed by atoms with Crippen molar-refractivity contribution in [2.24, 2.45) is 0 Å². The summed E-state index contributed by atoms with van der Waals surface area (Å²) in [5, 5.41) is 12.0. The van der Waals surface area contributed by atoms with Crippen molar-refractivity contribution in [3.63, 3.8) is 0 Å². The van der Waals surface area contributed by atoms with E-state index in [4.69, 9.17) is 5.26 Å². The third-order valence-corrected chi connectivity index (χ3v) is 2.25. The average molecular weight is 218 g/mol. The van der Waals surface area contributed by atoms with E-state index < -0.39 is 0 Å². The number of nitrogens with zero attached hydrogens (tertiary/aromatic N) is 1. The Kier molecular flexibility index (Phi) is 4.34. The quantitative estimate of drug-likeness (QED) is 0.783. The molecule has 0 saturated carbocycles. The molecule has 0 radical (unpaired) electrons. The predicted molar refractivity (Wildman–Crippen MR) is 61.0 cm³/mol. The Morgan fingerprint density at radius 3 is 2.94 bits per heavy atom. The number of hydrogen-bond donors (Lipinski definition) is 1. The topological polar surface area (TPSA) is 62.1 Å². The van der Waals surface area contributed by atoms with E-state index >= 15 is 0 Å². The minimum Gasteiger partial charge on any atom is -0.469 e. The van der Waals surface area contributed by atoms with E-state index in [1.54, 1.807) is 6.07 Å². The highest BCUT2D eigenvalue weighted by Crippen LogP contribution is 2.19. The number of esters is 1. The van der Waals surface area contributed by atoms with E-state index in [2.05, 4.69) is 16.1 Å². The van der Waals surface area contributed by atoms with Gasteiger partial charge in [-0.1, -0.05) is 12.1 Å². The molecule has 0 aliphatic rings. The fraction of sp³-hybridized carbons (Fsp3) is 0.333. The number of carbonyl (C=O) groups excluding carboxylic acids is 1. The van der Waals surface area contributed by atoms with Gasteiger partial charge in [0.25, 0.3) is 0 Å². The maximum atomic E-state index is 10.9. The molecule has 4 nitrogen and oxygen atoms in total. The Labute approximate surface area is 94.8 Å². The molecule has 0 amide bonds. The molecule has 0 aromatic heterocycles. The lowest BCUT2D eigenvalue weighted by Gasteiger charge is -2.10. The Hall–Kier alpha value is -2.02. The Bertz CT molecular complexity index is 422. The standard InChI is InChI=1S/C12H14N2O2/c1-9-4-3-5-10(8-13)12(9)14-7-6-11(15)16-2/h3-5,14H,6-7H2,1-2H3. The second-order valence-electron chi connectivity index (χ2n) is 3.36. The average Bonchev–Trinajstić information content (AvgIpc) is 2.30. The van der Waals surface area contributed by atoms with E-state index in [9.17, 15) is 4.79 Å². The lowest BCUT2D eigenvalue weighted by Crippen LogP contribution is -2.11. The summed E-state index contributed by atoms with van der Waals surface area (Å²) >= 11 is 0. The van der Waals surface area contributed by atoms with Crippen LogP contribution >= 0.6 is 0 Å². The van der Waals surface area contributed by atoms with Gasteiger partial charge in [0.2, 0.25) is 0 Å². The smallest absolute Gasteiger partial charge is 0.307 e. The van der Waals surface area contributed by atoms with E-state index in [0.717, 1.165) is 11.3 Å². The van der Waals surface area contributed by atoms with Gasteiger partial charge in [0.05, 0.1) is 24.8 Å². The third-order valence-electron chi connectivity index (χ3n) is 2.25. The fourth-order valence-electron chi connectivity index (χ4n) is 1.39. The van der Waals surface area contributed by atoms with Gasteiger partial charge in [-0.15, -0.1) is 0 Å². The monoisotopic (exact) mass is 218 g/mol. The molecule has 0 aliphatic carbocycles. The molecule has 4 heteroatoms. The van der Waals surface area contributed by atoms with Crippen molar-refractivity contribution in [2.45, 2.75) is 13.3 Å². The van der Waals surface area contributed by atoms with Crippen molar-refractivity contribution in [3.8, 4) is 6.07 Å². The lowest BCUT2D eigenvalue weighted by molar-refractivity contribution is -0.140. The van der Waals surface area contributed by atoms with Crippen LogP contribution in [0, 0.1) is 18.3 Å². The molecule has 0 unspecified atom stereocenters. The molecule has 0 spiro atoms. The minimum atomic E-state index is -0.264. The minimum absolute atomic E-state index is 0.264. The third kappa shape index (κ3) is 2.99. The Morgan fingerprint density at radius 1 is 1.56 bits per heavy atom. The predicted octanol–water partition coefficient (Wildman–Crippen LogP) is 1.84. The Morgan fingerprint density at radius 2 is 2.31 bits per heavy atom. The van der Waals surface area contributed by atoms with Crippen LogP contribution in [0.15, 0.2) is 18.2 Å². The number of methoxy groups -OCH3 is 1. The largest absolute Gasteiger partial charge is 0.469 e. The summed E-state index contributed by atoms with van der Waals surface area (Å²) in [6, 6.07) is 7.60. The summed E-state index contributed by atoms with van der Waals surface area (Å²) in [7, 11) is 1.36. The summed E-state index contributed by atoms with van der Waals surface area (Å²) in [4.78, 5) is 10.9. The van der Waals surface area contributed by atoms with Crippen LogP contribution in [0.5, 0.6) is 0 Å². The summed E-state index contributed by atoms with van der Waals surface area (Å²) in [6.45, 7) is 2.38. The molecule has 16 heavy (non-hydrogen) atoms. The molecule has 84 valence electrons. The van der Waals surface area contributed by atoms with E-state index in [1.807, 2.05) is 19.1 Å². The zero-order valence-corrected chi connectivity index (χ0v) is 9.41. The maximum absolute atomic E-state index is 10.9. The number of para-hydroxylation sites is 1. The number of hydrogen-bond acceptors (Lipinski definition) is 4. The molecule has 0 fully saturated rings. The first-order chi connectivity index (χ1) is 7.69. The van der Waals surface area contributed by atoms with Gasteiger partial charge in [0.15, 0.2) is 0 Å². The number of rotatable bonds is 4. The van der Waals surface area contributed by atoms with E-state index in [-0.39, 0.29) is 12.4 Å². The van der Waals surface area contributed by atoms with Gasteiger partial charge in [0.1, 0.15) is 6.07 Å². The number of benzene rings is 1. The molecular weight excluding hydrogens is 204 g/mol. The molecule has 0 aliphatic heterocycles. The van der Waals surface area contributed by atoms with Crippen molar-refractivity contribution < 1.29 is 9.53 Å². The number of ether oxygens (including phenoxy) is 1. The first-order valence-corrected chi connectivity index (χ1v) is 4.99. The summed E-state index contributed by atoms with van der Waals surface area (Å²) in [5.41, 5.74) is 2.36. The molecule has 0 heterocycles. The Balaban J connectivity index is 2.67.